The molecular formula is C13H22N4O3S. The average Bonchev–Trinajstić information content (AvgIpc) is 3.17. The van der Waals surface area contributed by atoms with Gasteiger partial charge >= 0.3 is 0 Å². The van der Waals surface area contributed by atoms with E-state index >= 15 is 0 Å². The molecule has 118 valence electrons. The van der Waals surface area contributed by atoms with E-state index in [0.717, 1.165) is 19.4 Å². The number of nitrogens with one attached hydrogen (secondary N) is 2. The van der Waals surface area contributed by atoms with Crippen LogP contribution in [0.5, 0.6) is 0 Å². The Labute approximate surface area is 125 Å². The fourth-order valence-corrected chi connectivity index (χ4v) is 3.90. The van der Waals surface area contributed by atoms with Crippen molar-refractivity contribution in [2.75, 3.05) is 19.6 Å². The van der Waals surface area contributed by atoms with Gasteiger partial charge in [0, 0.05) is 25.2 Å². The quantitative estimate of drug-likeness (QED) is 0.764. The van der Waals surface area contributed by atoms with Crippen LogP contribution >= 0.6 is 0 Å². The summed E-state index contributed by atoms with van der Waals surface area (Å²) in [5, 5.41) is 7.05. The van der Waals surface area contributed by atoms with E-state index in [9.17, 15) is 8.42 Å². The van der Waals surface area contributed by atoms with Crippen LogP contribution in [0.3, 0.4) is 0 Å². The number of aromatic nitrogens is 1. The van der Waals surface area contributed by atoms with Gasteiger partial charge < -0.3 is 9.84 Å². The third-order valence-corrected chi connectivity index (χ3v) is 5.53. The van der Waals surface area contributed by atoms with E-state index in [0.29, 0.717) is 30.8 Å². The SMILES string of the molecule is O=S(=O)(NCc1ccno1)N1CCCC(CNC2CC2)C1. The van der Waals surface area contributed by atoms with Gasteiger partial charge in [0.25, 0.3) is 10.2 Å². The molecule has 1 aliphatic heterocycles. The summed E-state index contributed by atoms with van der Waals surface area (Å²) < 4.78 is 33.6. The first-order valence-electron chi connectivity index (χ1n) is 7.51. The molecule has 1 saturated carbocycles. The van der Waals surface area contributed by atoms with Gasteiger partial charge in [-0.25, -0.2) is 0 Å². The maximum absolute atomic E-state index is 12.3. The minimum absolute atomic E-state index is 0.143. The Bertz CT molecular complexity index is 542. The molecule has 0 amide bonds. The lowest BCUT2D eigenvalue weighted by Crippen LogP contribution is -2.47. The van der Waals surface area contributed by atoms with Crippen LogP contribution in [0.4, 0.5) is 0 Å². The van der Waals surface area contributed by atoms with E-state index in [1.807, 2.05) is 0 Å². The third kappa shape index (κ3) is 4.26. The summed E-state index contributed by atoms with van der Waals surface area (Å²) in [4.78, 5) is 0. The van der Waals surface area contributed by atoms with Crippen LogP contribution in [-0.4, -0.2) is 43.6 Å². The number of nitrogens with zero attached hydrogens (tertiary/aromatic N) is 2. The van der Waals surface area contributed by atoms with Gasteiger partial charge in [0.05, 0.1) is 12.7 Å². The lowest BCUT2D eigenvalue weighted by Gasteiger charge is -2.32. The van der Waals surface area contributed by atoms with Crippen molar-refractivity contribution in [2.45, 2.75) is 38.3 Å². The molecule has 2 N–H and O–H groups in total. The molecule has 1 aliphatic carbocycles. The third-order valence-electron chi connectivity index (χ3n) is 4.01. The van der Waals surface area contributed by atoms with Crippen molar-refractivity contribution in [1.29, 1.82) is 0 Å². The van der Waals surface area contributed by atoms with Crippen LogP contribution in [0.25, 0.3) is 0 Å². The van der Waals surface area contributed by atoms with Gasteiger partial charge in [-0.2, -0.15) is 17.4 Å². The van der Waals surface area contributed by atoms with Gasteiger partial charge in [0.2, 0.25) is 0 Å². The Morgan fingerprint density at radius 3 is 2.95 bits per heavy atom. The zero-order valence-electron chi connectivity index (χ0n) is 12.0. The topological polar surface area (TPSA) is 87.5 Å². The Morgan fingerprint density at radius 2 is 2.24 bits per heavy atom. The highest BCUT2D eigenvalue weighted by Crippen LogP contribution is 2.22. The number of hydrogen-bond acceptors (Lipinski definition) is 5. The smallest absolute Gasteiger partial charge is 0.279 e. The summed E-state index contributed by atoms with van der Waals surface area (Å²) in [6, 6.07) is 2.32. The monoisotopic (exact) mass is 314 g/mol. The second kappa shape index (κ2) is 6.43. The molecule has 2 aliphatic rings. The number of rotatable bonds is 7. The minimum Gasteiger partial charge on any atom is -0.360 e. The predicted molar refractivity (Wildman–Crippen MR) is 77.6 cm³/mol. The zero-order chi connectivity index (χ0) is 14.7. The van der Waals surface area contributed by atoms with Crippen molar-refractivity contribution in [3.8, 4) is 0 Å². The zero-order valence-corrected chi connectivity index (χ0v) is 12.8. The van der Waals surface area contributed by atoms with Crippen LogP contribution in [0.2, 0.25) is 0 Å². The summed E-state index contributed by atoms with van der Waals surface area (Å²) in [6.07, 6.45) is 6.03. The number of piperidine rings is 1. The molecule has 0 aromatic carbocycles. The highest BCUT2D eigenvalue weighted by Gasteiger charge is 2.30. The molecule has 0 spiro atoms. The summed E-state index contributed by atoms with van der Waals surface area (Å²) >= 11 is 0. The first kappa shape index (κ1) is 15.0. The van der Waals surface area contributed by atoms with E-state index in [4.69, 9.17) is 4.52 Å². The molecule has 1 unspecified atom stereocenters. The van der Waals surface area contributed by atoms with Gasteiger partial charge in [-0.3, -0.25) is 0 Å². The maximum atomic E-state index is 12.3. The Balaban J connectivity index is 1.50. The molecule has 2 heterocycles. The molecule has 2 fully saturated rings. The maximum Gasteiger partial charge on any atom is 0.279 e. The highest BCUT2D eigenvalue weighted by molar-refractivity contribution is 7.87. The van der Waals surface area contributed by atoms with Gasteiger partial charge in [-0.1, -0.05) is 5.16 Å². The van der Waals surface area contributed by atoms with Crippen molar-refractivity contribution in [3.05, 3.63) is 18.0 Å². The summed E-state index contributed by atoms with van der Waals surface area (Å²) in [6.45, 7) is 2.24. The van der Waals surface area contributed by atoms with Crippen LogP contribution < -0.4 is 10.0 Å². The molecule has 1 aromatic heterocycles. The molecule has 0 bridgehead atoms. The van der Waals surface area contributed by atoms with Crippen molar-refractivity contribution < 1.29 is 12.9 Å². The first-order chi connectivity index (χ1) is 10.1. The predicted octanol–water partition coefficient (Wildman–Crippen LogP) is 0.473. The Kier molecular flexibility index (Phi) is 4.58. The minimum atomic E-state index is -3.45. The van der Waals surface area contributed by atoms with E-state index in [-0.39, 0.29) is 6.54 Å². The van der Waals surface area contributed by atoms with Crippen LogP contribution in [0.15, 0.2) is 16.8 Å². The van der Waals surface area contributed by atoms with Crippen LogP contribution in [0, 0.1) is 5.92 Å². The molecule has 8 heteroatoms. The van der Waals surface area contributed by atoms with Gasteiger partial charge in [-0.05, 0) is 38.1 Å². The van der Waals surface area contributed by atoms with E-state index < -0.39 is 10.2 Å². The summed E-state index contributed by atoms with van der Waals surface area (Å²) in [5.41, 5.74) is 0. The summed E-state index contributed by atoms with van der Waals surface area (Å²) in [5.74, 6) is 0.920. The van der Waals surface area contributed by atoms with Crippen molar-refractivity contribution in [3.63, 3.8) is 0 Å². The molecular weight excluding hydrogens is 292 g/mol. The highest BCUT2D eigenvalue weighted by atomic mass is 32.2. The van der Waals surface area contributed by atoms with Crippen molar-refractivity contribution in [1.82, 2.24) is 19.5 Å². The van der Waals surface area contributed by atoms with Gasteiger partial charge in [0.15, 0.2) is 5.76 Å². The lowest BCUT2D eigenvalue weighted by atomic mass is 10.00. The molecule has 21 heavy (non-hydrogen) atoms. The summed E-state index contributed by atoms with van der Waals surface area (Å²) in [7, 11) is -3.45. The second-order valence-corrected chi connectivity index (χ2v) is 7.61. The first-order valence-corrected chi connectivity index (χ1v) is 8.95. The van der Waals surface area contributed by atoms with E-state index in [1.54, 1.807) is 10.4 Å². The molecule has 7 nitrogen and oxygen atoms in total. The fourth-order valence-electron chi connectivity index (χ4n) is 2.62. The van der Waals surface area contributed by atoms with Crippen LogP contribution in [-0.2, 0) is 16.8 Å². The normalized spacial score (nSPS) is 24.3. The Morgan fingerprint density at radius 1 is 1.38 bits per heavy atom. The molecule has 3 rings (SSSR count). The van der Waals surface area contributed by atoms with Crippen molar-refractivity contribution >= 4 is 10.2 Å². The molecule has 1 aromatic rings. The van der Waals surface area contributed by atoms with Gasteiger partial charge in [0.1, 0.15) is 0 Å². The number of hydrogen-bond donors (Lipinski definition) is 2. The largest absolute Gasteiger partial charge is 0.360 e. The van der Waals surface area contributed by atoms with Crippen LogP contribution in [0.1, 0.15) is 31.4 Å². The molecule has 0 radical (unpaired) electrons. The van der Waals surface area contributed by atoms with Gasteiger partial charge in [-0.15, -0.1) is 0 Å². The average molecular weight is 314 g/mol. The molecule has 1 atom stereocenters. The van der Waals surface area contributed by atoms with Crippen molar-refractivity contribution in [2.24, 2.45) is 5.92 Å². The van der Waals surface area contributed by atoms with E-state index in [1.165, 1.54) is 19.0 Å². The Hall–Kier alpha value is -0.960. The standard InChI is InChI=1S/C13H22N4O3S/c18-21(19,16-9-13-5-6-15-20-13)17-7-1-2-11(10-17)8-14-12-3-4-12/h5-6,11-12,14,16H,1-4,7-10H2. The molecule has 1 saturated heterocycles. The lowest BCUT2D eigenvalue weighted by molar-refractivity contribution is 0.256. The second-order valence-electron chi connectivity index (χ2n) is 5.85. The fraction of sp³-hybridized carbons (Fsp3) is 0.769. The van der Waals surface area contributed by atoms with E-state index in [2.05, 4.69) is 15.2 Å².